The Morgan fingerprint density at radius 2 is 2.00 bits per heavy atom. The van der Waals surface area contributed by atoms with Gasteiger partial charge in [0.15, 0.2) is 0 Å². The van der Waals surface area contributed by atoms with Crippen LogP contribution in [0.15, 0.2) is 24.3 Å². The number of carbonyl (C=O) groups is 2. The maximum atomic E-state index is 12.1. The molecule has 0 bridgehead atoms. The Morgan fingerprint density at radius 3 is 2.52 bits per heavy atom. The summed E-state index contributed by atoms with van der Waals surface area (Å²) in [5, 5.41) is 20.7. The quantitative estimate of drug-likeness (QED) is 0.748. The summed E-state index contributed by atoms with van der Waals surface area (Å²) in [5.74, 6) is -1.18. The van der Waals surface area contributed by atoms with Crippen LogP contribution < -0.4 is 5.32 Å². The van der Waals surface area contributed by atoms with E-state index in [-0.39, 0.29) is 19.1 Å². The Morgan fingerprint density at radius 1 is 1.38 bits per heavy atom. The molecule has 0 saturated heterocycles. The lowest BCUT2D eigenvalue weighted by molar-refractivity contribution is -0.139. The normalized spacial score (nSPS) is 13.3. The second-order valence-electron chi connectivity index (χ2n) is 4.66. The molecule has 1 aromatic carbocycles. The number of nitrogens with one attached hydrogen (secondary N) is 1. The number of nitrogens with zero attached hydrogens (tertiary/aromatic N) is 1. The van der Waals surface area contributed by atoms with Crippen molar-refractivity contribution in [3.05, 3.63) is 34.9 Å². The van der Waals surface area contributed by atoms with Gasteiger partial charge >= 0.3 is 12.0 Å². The predicted octanol–water partition coefficient (Wildman–Crippen LogP) is 1.88. The molecule has 1 unspecified atom stereocenters. The van der Waals surface area contributed by atoms with Crippen molar-refractivity contribution in [1.82, 2.24) is 10.2 Å². The first-order valence-electron chi connectivity index (χ1n) is 6.50. The third kappa shape index (κ3) is 4.61. The third-order valence-electron chi connectivity index (χ3n) is 3.27. The number of aliphatic hydroxyl groups is 1. The summed E-state index contributed by atoms with van der Waals surface area (Å²) in [6.45, 7) is 1.48. The van der Waals surface area contributed by atoms with Gasteiger partial charge in [0.05, 0.1) is 6.04 Å². The number of benzene rings is 1. The second-order valence-corrected chi connectivity index (χ2v) is 5.07. The highest BCUT2D eigenvalue weighted by Gasteiger charge is 2.24. The molecule has 21 heavy (non-hydrogen) atoms. The van der Waals surface area contributed by atoms with Gasteiger partial charge < -0.3 is 20.4 Å². The van der Waals surface area contributed by atoms with E-state index in [1.807, 2.05) is 6.07 Å². The molecule has 0 spiro atoms. The number of carbonyl (C=O) groups excluding carboxylic acids is 1. The molecule has 0 heterocycles. The molecule has 0 aliphatic carbocycles. The standard InChI is InChI=1S/C14H19ClN2O4/c1-9(10-5-3-4-6-11(10)15)17(2)14(21)16-12(7-8-18)13(19)20/h3-6,9,12,18H,7-8H2,1-2H3,(H,16,21)(H,19,20)/t9?,12-/m0/s1. The predicted molar refractivity (Wildman–Crippen MR) is 79.3 cm³/mol. The van der Waals surface area contributed by atoms with E-state index < -0.39 is 18.0 Å². The molecular formula is C14H19ClN2O4. The molecule has 0 aromatic heterocycles. The van der Waals surface area contributed by atoms with Crippen LogP contribution in [0, 0.1) is 0 Å². The van der Waals surface area contributed by atoms with Gasteiger partial charge in [0.1, 0.15) is 6.04 Å². The Kier molecular flexibility index (Phi) is 6.45. The van der Waals surface area contributed by atoms with Crippen molar-refractivity contribution in [3.8, 4) is 0 Å². The van der Waals surface area contributed by atoms with E-state index in [2.05, 4.69) is 5.32 Å². The highest BCUT2D eigenvalue weighted by Crippen LogP contribution is 2.26. The van der Waals surface area contributed by atoms with Gasteiger partial charge in [-0.15, -0.1) is 0 Å². The van der Waals surface area contributed by atoms with Gasteiger partial charge in [-0.2, -0.15) is 0 Å². The lowest BCUT2D eigenvalue weighted by atomic mass is 10.1. The molecule has 0 radical (unpaired) electrons. The number of hydrogen-bond acceptors (Lipinski definition) is 3. The van der Waals surface area contributed by atoms with Gasteiger partial charge in [-0.05, 0) is 18.6 Å². The zero-order valence-electron chi connectivity index (χ0n) is 11.9. The number of amides is 2. The van der Waals surface area contributed by atoms with Crippen molar-refractivity contribution in [2.75, 3.05) is 13.7 Å². The molecule has 116 valence electrons. The highest BCUT2D eigenvalue weighted by molar-refractivity contribution is 6.31. The maximum absolute atomic E-state index is 12.1. The summed E-state index contributed by atoms with van der Waals surface area (Å²) < 4.78 is 0. The van der Waals surface area contributed by atoms with Crippen LogP contribution >= 0.6 is 11.6 Å². The van der Waals surface area contributed by atoms with Crippen LogP contribution in [0.2, 0.25) is 5.02 Å². The summed E-state index contributed by atoms with van der Waals surface area (Å²) in [6, 6.07) is 5.16. The number of hydrogen-bond donors (Lipinski definition) is 3. The fourth-order valence-corrected chi connectivity index (χ4v) is 2.13. The molecule has 6 nitrogen and oxygen atoms in total. The molecule has 0 aliphatic heterocycles. The fourth-order valence-electron chi connectivity index (χ4n) is 1.84. The summed E-state index contributed by atoms with van der Waals surface area (Å²) in [6.07, 6.45) is -0.0462. The number of carboxylic acids is 1. The Hall–Kier alpha value is -1.79. The van der Waals surface area contributed by atoms with E-state index in [1.165, 1.54) is 4.90 Å². The van der Waals surface area contributed by atoms with Crippen LogP contribution in [0.4, 0.5) is 4.79 Å². The average Bonchev–Trinajstić information content (AvgIpc) is 2.45. The van der Waals surface area contributed by atoms with Gasteiger partial charge in [0.25, 0.3) is 0 Å². The number of aliphatic carboxylic acids is 1. The summed E-state index contributed by atoms with van der Waals surface area (Å²) in [4.78, 5) is 24.4. The Labute approximate surface area is 128 Å². The van der Waals surface area contributed by atoms with E-state index in [0.717, 1.165) is 5.56 Å². The summed E-state index contributed by atoms with van der Waals surface area (Å²) in [7, 11) is 1.56. The fraction of sp³-hybridized carbons (Fsp3) is 0.429. The first kappa shape index (κ1) is 17.3. The van der Waals surface area contributed by atoms with Crippen LogP contribution in [0.25, 0.3) is 0 Å². The molecule has 2 amide bonds. The molecule has 0 aliphatic rings. The van der Waals surface area contributed by atoms with E-state index in [4.69, 9.17) is 21.8 Å². The Bertz CT molecular complexity index is 510. The molecule has 2 atom stereocenters. The number of carboxylic acid groups (broad SMARTS) is 1. The van der Waals surface area contributed by atoms with Gasteiger partial charge in [-0.25, -0.2) is 9.59 Å². The number of rotatable bonds is 6. The zero-order valence-corrected chi connectivity index (χ0v) is 12.7. The molecule has 0 saturated carbocycles. The monoisotopic (exact) mass is 314 g/mol. The van der Waals surface area contributed by atoms with Crippen molar-refractivity contribution >= 4 is 23.6 Å². The van der Waals surface area contributed by atoms with Crippen LogP contribution in [0.1, 0.15) is 24.9 Å². The van der Waals surface area contributed by atoms with Gasteiger partial charge in [-0.1, -0.05) is 29.8 Å². The summed E-state index contributed by atoms with van der Waals surface area (Å²) in [5.41, 5.74) is 0.769. The molecule has 7 heteroatoms. The SMILES string of the molecule is CC(c1ccccc1Cl)N(C)C(=O)N[C@@H](CCO)C(=O)O. The van der Waals surface area contributed by atoms with Gasteiger partial charge in [-0.3, -0.25) is 0 Å². The molecular weight excluding hydrogens is 296 g/mol. The van der Waals surface area contributed by atoms with Gasteiger partial charge in [0.2, 0.25) is 0 Å². The number of halogens is 1. The maximum Gasteiger partial charge on any atom is 0.326 e. The van der Waals surface area contributed by atoms with Crippen LogP contribution in [0.5, 0.6) is 0 Å². The molecule has 3 N–H and O–H groups in total. The minimum atomic E-state index is -1.18. The molecule has 1 aromatic rings. The second kappa shape index (κ2) is 7.85. The lowest BCUT2D eigenvalue weighted by Crippen LogP contribution is -2.47. The van der Waals surface area contributed by atoms with Crippen LogP contribution in [0.3, 0.4) is 0 Å². The first-order chi connectivity index (χ1) is 9.88. The molecule has 1 rings (SSSR count). The first-order valence-corrected chi connectivity index (χ1v) is 6.87. The molecule has 0 fully saturated rings. The van der Waals surface area contributed by atoms with Crippen molar-refractivity contribution in [2.45, 2.75) is 25.4 Å². The van der Waals surface area contributed by atoms with Crippen molar-refractivity contribution in [3.63, 3.8) is 0 Å². The van der Waals surface area contributed by atoms with E-state index in [1.54, 1.807) is 32.2 Å². The largest absolute Gasteiger partial charge is 0.480 e. The van der Waals surface area contributed by atoms with Gasteiger partial charge in [0, 0.05) is 25.1 Å². The van der Waals surface area contributed by atoms with Crippen LogP contribution in [-0.2, 0) is 4.79 Å². The minimum absolute atomic E-state index is 0.0462. The highest BCUT2D eigenvalue weighted by atomic mass is 35.5. The number of aliphatic hydroxyl groups excluding tert-OH is 1. The van der Waals surface area contributed by atoms with E-state index >= 15 is 0 Å². The van der Waals surface area contributed by atoms with Crippen molar-refractivity contribution in [1.29, 1.82) is 0 Å². The smallest absolute Gasteiger partial charge is 0.326 e. The zero-order chi connectivity index (χ0) is 16.0. The van der Waals surface area contributed by atoms with Crippen molar-refractivity contribution in [2.24, 2.45) is 0 Å². The van der Waals surface area contributed by atoms with E-state index in [0.29, 0.717) is 5.02 Å². The summed E-state index contributed by atoms with van der Waals surface area (Å²) >= 11 is 6.09. The average molecular weight is 315 g/mol. The Balaban J connectivity index is 2.78. The topological polar surface area (TPSA) is 89.9 Å². The van der Waals surface area contributed by atoms with Crippen LogP contribution in [-0.4, -0.2) is 46.8 Å². The minimum Gasteiger partial charge on any atom is -0.480 e. The van der Waals surface area contributed by atoms with E-state index in [9.17, 15) is 9.59 Å². The van der Waals surface area contributed by atoms with Crippen molar-refractivity contribution < 1.29 is 19.8 Å². The number of urea groups is 1. The lowest BCUT2D eigenvalue weighted by Gasteiger charge is -2.27. The third-order valence-corrected chi connectivity index (χ3v) is 3.61.